The molecular formula is C23H21BrN4O2S. The molecule has 0 N–H and O–H groups in total. The van der Waals surface area contributed by atoms with Gasteiger partial charge in [-0.1, -0.05) is 55.8 Å². The maximum atomic E-state index is 12.4. The Kier molecular flexibility index (Phi) is 6.02. The van der Waals surface area contributed by atoms with E-state index in [1.54, 1.807) is 4.68 Å². The molecule has 0 spiro atoms. The Morgan fingerprint density at radius 3 is 2.65 bits per heavy atom. The van der Waals surface area contributed by atoms with Crippen LogP contribution in [0.4, 0.5) is 0 Å². The molecule has 0 atom stereocenters. The van der Waals surface area contributed by atoms with Gasteiger partial charge in [-0.25, -0.2) is 14.5 Å². The average Bonchev–Trinajstić information content (AvgIpc) is 3.37. The Balaban J connectivity index is 1.92. The van der Waals surface area contributed by atoms with E-state index in [0.717, 1.165) is 27.4 Å². The molecule has 31 heavy (non-hydrogen) atoms. The lowest BCUT2D eigenvalue weighted by molar-refractivity contribution is 0.0592. The van der Waals surface area contributed by atoms with Gasteiger partial charge < -0.3 is 4.74 Å². The van der Waals surface area contributed by atoms with Gasteiger partial charge in [0.15, 0.2) is 11.5 Å². The minimum Gasteiger partial charge on any atom is -0.464 e. The number of carbonyl (C=O) groups excluding carboxylic acids is 1. The number of aromatic nitrogens is 4. The fourth-order valence-corrected chi connectivity index (χ4v) is 4.62. The number of hydrogen-bond donors (Lipinski definition) is 0. The summed E-state index contributed by atoms with van der Waals surface area (Å²) in [6.45, 7) is 6.28. The van der Waals surface area contributed by atoms with E-state index in [1.165, 1.54) is 18.6 Å². The highest BCUT2D eigenvalue weighted by Gasteiger charge is 2.27. The van der Waals surface area contributed by atoms with Crippen molar-refractivity contribution >= 4 is 33.4 Å². The first kappa shape index (κ1) is 21.4. The van der Waals surface area contributed by atoms with Crippen LogP contribution in [0.5, 0.6) is 0 Å². The molecule has 8 heteroatoms. The summed E-state index contributed by atoms with van der Waals surface area (Å²) >= 11 is 4.87. The molecule has 2 aromatic carbocycles. The minimum atomic E-state index is -0.525. The normalized spacial score (nSPS) is 11.2. The second-order valence-corrected chi connectivity index (χ2v) is 8.97. The summed E-state index contributed by atoms with van der Waals surface area (Å²) in [4.78, 5) is 17.2. The van der Waals surface area contributed by atoms with Gasteiger partial charge in [0, 0.05) is 5.56 Å². The largest absolute Gasteiger partial charge is 0.464 e. The van der Waals surface area contributed by atoms with Crippen molar-refractivity contribution in [2.75, 3.05) is 7.11 Å². The van der Waals surface area contributed by atoms with Gasteiger partial charge in [0.25, 0.3) is 0 Å². The number of aryl methyl sites for hydroxylation is 1. The molecule has 158 valence electrons. The van der Waals surface area contributed by atoms with Gasteiger partial charge in [0.2, 0.25) is 0 Å². The van der Waals surface area contributed by atoms with Crippen molar-refractivity contribution in [3.63, 3.8) is 0 Å². The van der Waals surface area contributed by atoms with Gasteiger partial charge in [-0.15, -0.1) is 0 Å². The van der Waals surface area contributed by atoms with E-state index in [0.29, 0.717) is 16.0 Å². The molecule has 0 amide bonds. The van der Waals surface area contributed by atoms with Crippen LogP contribution in [0, 0.1) is 6.92 Å². The SMILES string of the molecule is COC(=O)c1nn(-c2ccccc2C(C)C)c(-c2nsc(-c3cccc(C)c3)n2)c1Br. The molecule has 0 aliphatic heterocycles. The fourth-order valence-electron chi connectivity index (χ4n) is 3.38. The zero-order valence-electron chi connectivity index (χ0n) is 17.6. The van der Waals surface area contributed by atoms with E-state index in [2.05, 4.69) is 51.4 Å². The lowest BCUT2D eigenvalue weighted by atomic mass is 10.0. The predicted molar refractivity (Wildman–Crippen MR) is 126 cm³/mol. The summed E-state index contributed by atoms with van der Waals surface area (Å²) in [7, 11) is 1.34. The number of ether oxygens (including phenoxy) is 1. The summed E-state index contributed by atoms with van der Waals surface area (Å²) in [6.07, 6.45) is 0. The van der Waals surface area contributed by atoms with Gasteiger partial charge in [0.1, 0.15) is 10.7 Å². The van der Waals surface area contributed by atoms with Crippen molar-refractivity contribution in [2.24, 2.45) is 0 Å². The predicted octanol–water partition coefficient (Wildman–Crippen LogP) is 6.04. The standard InChI is InChI=1S/C23H21BrN4O2S/c1-13(2)16-10-5-6-11-17(16)28-20(18(24)19(26-28)23(29)30-4)21-25-22(31-27-21)15-9-7-8-14(3)12-15/h5-13H,1-4H3. The number of benzene rings is 2. The van der Waals surface area contributed by atoms with Gasteiger partial charge in [0.05, 0.1) is 17.3 Å². The Hall–Kier alpha value is -2.84. The zero-order valence-corrected chi connectivity index (χ0v) is 20.0. The van der Waals surface area contributed by atoms with Crippen LogP contribution in [-0.4, -0.2) is 32.2 Å². The van der Waals surface area contributed by atoms with E-state index in [1.807, 2.05) is 43.3 Å². The van der Waals surface area contributed by atoms with Crippen LogP contribution in [0.2, 0.25) is 0 Å². The van der Waals surface area contributed by atoms with Gasteiger partial charge >= 0.3 is 5.97 Å². The smallest absolute Gasteiger partial charge is 0.359 e. The molecule has 0 radical (unpaired) electrons. The molecule has 0 bridgehead atoms. The monoisotopic (exact) mass is 496 g/mol. The first-order valence-corrected chi connectivity index (χ1v) is 11.3. The second kappa shape index (κ2) is 8.72. The van der Waals surface area contributed by atoms with Gasteiger partial charge in [-0.05, 0) is 58.0 Å². The molecule has 0 saturated heterocycles. The molecule has 0 aliphatic rings. The van der Waals surface area contributed by atoms with Crippen molar-refractivity contribution in [1.29, 1.82) is 0 Å². The number of halogens is 1. The van der Waals surface area contributed by atoms with Crippen molar-refractivity contribution < 1.29 is 9.53 Å². The molecule has 6 nitrogen and oxygen atoms in total. The second-order valence-electron chi connectivity index (χ2n) is 7.42. The summed E-state index contributed by atoms with van der Waals surface area (Å²) in [5, 5.41) is 5.39. The highest BCUT2D eigenvalue weighted by Crippen LogP contribution is 2.36. The van der Waals surface area contributed by atoms with Crippen LogP contribution in [0.3, 0.4) is 0 Å². The third kappa shape index (κ3) is 4.05. The summed E-state index contributed by atoms with van der Waals surface area (Å²) in [5.74, 6) is 0.234. The first-order valence-electron chi connectivity index (χ1n) is 9.78. The maximum absolute atomic E-state index is 12.4. The van der Waals surface area contributed by atoms with Crippen LogP contribution in [0.25, 0.3) is 27.8 Å². The van der Waals surface area contributed by atoms with E-state index >= 15 is 0 Å². The zero-order chi connectivity index (χ0) is 22.1. The molecule has 4 rings (SSSR count). The number of methoxy groups -OCH3 is 1. The number of rotatable bonds is 5. The molecular weight excluding hydrogens is 476 g/mol. The quantitative estimate of drug-likeness (QED) is 0.315. The van der Waals surface area contributed by atoms with E-state index < -0.39 is 5.97 Å². The van der Waals surface area contributed by atoms with Crippen LogP contribution in [0.15, 0.2) is 53.0 Å². The number of hydrogen-bond acceptors (Lipinski definition) is 6. The number of carbonyl (C=O) groups is 1. The fraction of sp³-hybridized carbons (Fsp3) is 0.217. The number of para-hydroxylation sites is 1. The summed E-state index contributed by atoms with van der Waals surface area (Å²) < 4.78 is 11.8. The number of nitrogens with zero attached hydrogens (tertiary/aromatic N) is 4. The molecule has 4 aromatic rings. The maximum Gasteiger partial charge on any atom is 0.359 e. The highest BCUT2D eigenvalue weighted by molar-refractivity contribution is 9.10. The van der Waals surface area contributed by atoms with E-state index in [4.69, 9.17) is 9.72 Å². The van der Waals surface area contributed by atoms with Crippen molar-refractivity contribution in [3.05, 3.63) is 69.8 Å². The van der Waals surface area contributed by atoms with Crippen molar-refractivity contribution in [3.8, 4) is 27.8 Å². The summed E-state index contributed by atoms with van der Waals surface area (Å²) in [5.41, 5.74) is 4.92. The van der Waals surface area contributed by atoms with E-state index in [9.17, 15) is 4.79 Å². The van der Waals surface area contributed by atoms with Crippen LogP contribution in [0.1, 0.15) is 41.4 Å². The Morgan fingerprint density at radius 2 is 1.94 bits per heavy atom. The molecule has 0 aliphatic carbocycles. The van der Waals surface area contributed by atoms with Gasteiger partial charge in [-0.3, -0.25) is 0 Å². The topological polar surface area (TPSA) is 69.9 Å². The average molecular weight is 497 g/mol. The summed E-state index contributed by atoms with van der Waals surface area (Å²) in [6, 6.07) is 16.1. The Bertz CT molecular complexity index is 1260. The molecule has 2 aromatic heterocycles. The molecule has 0 fully saturated rings. The minimum absolute atomic E-state index is 0.183. The van der Waals surface area contributed by atoms with E-state index in [-0.39, 0.29) is 11.6 Å². The van der Waals surface area contributed by atoms with Crippen LogP contribution in [-0.2, 0) is 4.74 Å². The Morgan fingerprint density at radius 1 is 1.16 bits per heavy atom. The van der Waals surface area contributed by atoms with Crippen LogP contribution < -0.4 is 0 Å². The van der Waals surface area contributed by atoms with Crippen molar-refractivity contribution in [1.82, 2.24) is 19.1 Å². The van der Waals surface area contributed by atoms with Crippen LogP contribution >= 0.6 is 27.5 Å². The first-order chi connectivity index (χ1) is 14.9. The lowest BCUT2D eigenvalue weighted by Crippen LogP contribution is -2.07. The van der Waals surface area contributed by atoms with Crippen molar-refractivity contribution in [2.45, 2.75) is 26.7 Å². The molecule has 2 heterocycles. The van der Waals surface area contributed by atoms with Gasteiger partial charge in [-0.2, -0.15) is 9.47 Å². The number of esters is 1. The third-order valence-corrected chi connectivity index (χ3v) is 6.41. The lowest BCUT2D eigenvalue weighted by Gasteiger charge is -2.14. The highest BCUT2D eigenvalue weighted by atomic mass is 79.9. The molecule has 0 unspecified atom stereocenters. The Labute approximate surface area is 193 Å². The third-order valence-electron chi connectivity index (χ3n) is 4.90. The molecule has 0 saturated carbocycles.